The first-order chi connectivity index (χ1) is 0. The fraction of sp³-hybridized carbons (Fsp3) is 0. The van der Waals surface area contributed by atoms with Crippen molar-refractivity contribution >= 4 is 0 Å². The second kappa shape index (κ2) is 1740. The average molecular weight is 301 g/mol. The summed E-state index contributed by atoms with van der Waals surface area (Å²) in [5.74, 6) is 0. The van der Waals surface area contributed by atoms with Gasteiger partial charge in [-0.15, -0.1) is 0 Å². The molecule has 0 heterocycles. The van der Waals surface area contributed by atoms with E-state index in [9.17, 15) is 0 Å². The van der Waals surface area contributed by atoms with Gasteiger partial charge in [0.2, 0.25) is 0 Å². The molecule has 0 aromatic rings. The maximum atomic E-state index is 0. The van der Waals surface area contributed by atoms with E-state index >= 15 is 0 Å². The summed E-state index contributed by atoms with van der Waals surface area (Å²) >= 11 is 0. The zero-order valence-electron chi connectivity index (χ0n) is 2.90. The van der Waals surface area contributed by atoms with Crippen molar-refractivity contribution in [3.8, 4) is 0 Å². The topological polar surface area (TPSA) is 0 Å². The Morgan fingerprint density at radius 1 is 0.286 bits per heavy atom. The van der Waals surface area contributed by atoms with Crippen LogP contribution in [-0.2, 0) is 22.4 Å². The third kappa shape index (κ3) is 1150. The maximum absolute atomic E-state index is 0. The van der Waals surface area contributed by atoms with Gasteiger partial charge in [-0.1, -0.05) is 0 Å². The van der Waals surface area contributed by atoms with E-state index in [1.165, 1.54) is 0 Å². The van der Waals surface area contributed by atoms with Crippen LogP contribution >= 0.6 is 0 Å². The van der Waals surface area contributed by atoms with E-state index in [4.69, 9.17) is 0 Å². The number of hydrogen-bond acceptors (Lipinski definition) is 0. The molecule has 0 N–H and O–H groups in total. The second-order valence-electron chi connectivity index (χ2n) is 0. The van der Waals surface area contributed by atoms with Crippen molar-refractivity contribution in [1.82, 2.24) is 0 Å². The predicted octanol–water partition coefficient (Wildman–Crippen LogP) is 0.912. The van der Waals surface area contributed by atoms with Crippen LogP contribution in [0.1, 0.15) is 0 Å². The van der Waals surface area contributed by atoms with E-state index in [-0.39, 0.29) is 50.6 Å². The molecule has 7 heteroatoms. The molecule has 0 aromatic carbocycles. The first-order valence-corrected chi connectivity index (χ1v) is 0. The molecule has 0 spiro atoms. The minimum Gasteiger partial charge on any atom is -0.269 e. The first-order valence-electron chi connectivity index (χ1n) is 0. The van der Waals surface area contributed by atoms with Gasteiger partial charge in [0, 0.05) is 22.4 Å². The van der Waals surface area contributed by atoms with Crippen LogP contribution in [0.5, 0.6) is 0 Å². The van der Waals surface area contributed by atoms with Gasteiger partial charge in [0.05, 0.1) is 0 Å². The van der Waals surface area contributed by atoms with E-state index in [0.29, 0.717) is 0 Å². The molecule has 0 atom stereocenters. The maximum Gasteiger partial charge on any atom is 0 e. The minimum absolute atomic E-state index is 0. The molecule has 0 saturated heterocycles. The molecule has 0 aliphatic carbocycles. The van der Waals surface area contributed by atoms with Crippen molar-refractivity contribution in [1.29, 1.82) is 0 Å². The van der Waals surface area contributed by atoms with E-state index in [1.54, 1.807) is 0 Å². The molecule has 0 amide bonds. The van der Waals surface area contributed by atoms with Crippen molar-refractivity contribution in [3.05, 3.63) is 0 Å². The van der Waals surface area contributed by atoms with Crippen LogP contribution in [0.15, 0.2) is 0 Å². The van der Waals surface area contributed by atoms with E-state index in [0.717, 1.165) is 0 Å². The predicted molar refractivity (Wildman–Crippen MR) is 15.0 cm³/mol. The van der Waals surface area contributed by atoms with E-state index < -0.39 is 0 Å². The molecule has 0 rings (SSSR count). The smallest absolute Gasteiger partial charge is 0 e. The van der Waals surface area contributed by atoms with Gasteiger partial charge in [-0.2, -0.15) is 0 Å². The van der Waals surface area contributed by atoms with Crippen LogP contribution in [0.25, 0.3) is 0 Å². The average Bonchev–Trinajstić information content (AvgIpc) is 0. The Hall–Kier alpha value is 0.320. The molecular formula is H6F6Ta. The molecule has 1 radical (unpaired) electrons. The number of rotatable bonds is 0. The Kier molecular flexibility index (Phi) is 710000. The Balaban J connectivity index is 0. The van der Waals surface area contributed by atoms with Gasteiger partial charge in [-0.25, -0.2) is 0 Å². The largest absolute Gasteiger partial charge is 0.269 e. The zero-order valence-corrected chi connectivity index (χ0v) is 6.11. The third-order valence-electron chi connectivity index (χ3n) is 0. The monoisotopic (exact) mass is 301 g/mol. The van der Waals surface area contributed by atoms with Gasteiger partial charge in [0.1, 0.15) is 0 Å². The van der Waals surface area contributed by atoms with Gasteiger partial charge < -0.3 is 0 Å². The fourth-order valence-electron chi connectivity index (χ4n) is 0. The summed E-state index contributed by atoms with van der Waals surface area (Å²) in [5.41, 5.74) is 0. The van der Waals surface area contributed by atoms with Crippen molar-refractivity contribution in [2.75, 3.05) is 0 Å². The molecule has 0 aliphatic heterocycles. The van der Waals surface area contributed by atoms with Crippen LogP contribution in [0, 0.1) is 0 Å². The molecule has 0 nitrogen and oxygen atoms in total. The summed E-state index contributed by atoms with van der Waals surface area (Å²) < 4.78 is 0. The van der Waals surface area contributed by atoms with Crippen LogP contribution in [0.4, 0.5) is 28.2 Å². The Bertz CT molecular complexity index is 4.14. The number of hydrogen-bond donors (Lipinski definition) is 0. The van der Waals surface area contributed by atoms with Crippen molar-refractivity contribution in [2.45, 2.75) is 0 Å². The van der Waals surface area contributed by atoms with Crippen molar-refractivity contribution in [2.24, 2.45) is 0 Å². The summed E-state index contributed by atoms with van der Waals surface area (Å²) in [5, 5.41) is 0. The van der Waals surface area contributed by atoms with Gasteiger partial charge >= 0.3 is 0 Å². The van der Waals surface area contributed by atoms with E-state index in [1.807, 2.05) is 0 Å². The van der Waals surface area contributed by atoms with Crippen molar-refractivity contribution < 1.29 is 50.6 Å². The molecule has 0 saturated carbocycles. The SMILES string of the molecule is F.F.F.F.F.F.[Ta]. The molecule has 0 aliphatic rings. The van der Waals surface area contributed by atoms with Crippen LogP contribution in [-0.4, -0.2) is 0 Å². The quantitative estimate of drug-likeness (QED) is 0.584. The van der Waals surface area contributed by atoms with Gasteiger partial charge in [0.15, 0.2) is 0 Å². The van der Waals surface area contributed by atoms with E-state index in [2.05, 4.69) is 0 Å². The molecule has 0 unspecified atom stereocenters. The Labute approximate surface area is 51.4 Å². The van der Waals surface area contributed by atoms with Crippen molar-refractivity contribution in [3.63, 3.8) is 0 Å². The molecule has 0 bridgehead atoms. The fourth-order valence-corrected chi connectivity index (χ4v) is 0. The molecule has 0 fully saturated rings. The number of halogens is 6. The Morgan fingerprint density at radius 3 is 0.286 bits per heavy atom. The molecule has 53 valence electrons. The summed E-state index contributed by atoms with van der Waals surface area (Å²) in [6, 6.07) is 0. The first kappa shape index (κ1) is 2850. The van der Waals surface area contributed by atoms with Crippen LogP contribution < -0.4 is 0 Å². The second-order valence-corrected chi connectivity index (χ2v) is 0. The summed E-state index contributed by atoms with van der Waals surface area (Å²) in [7, 11) is 0. The zero-order chi connectivity index (χ0) is 0. The third-order valence-corrected chi connectivity index (χ3v) is 0. The standard InChI is InChI=1S/6FH.Ta/h6*1H;. The summed E-state index contributed by atoms with van der Waals surface area (Å²) in [4.78, 5) is 0. The molecular weight excluding hydrogens is 295 g/mol. The van der Waals surface area contributed by atoms with Crippen LogP contribution in [0.3, 0.4) is 0 Å². The Morgan fingerprint density at radius 2 is 0.286 bits per heavy atom. The minimum atomic E-state index is 0. The normalized spacial score (nSPS) is 0. The summed E-state index contributed by atoms with van der Waals surface area (Å²) in [6.45, 7) is 0. The summed E-state index contributed by atoms with van der Waals surface area (Å²) in [6.07, 6.45) is 0. The van der Waals surface area contributed by atoms with Crippen LogP contribution in [0.2, 0.25) is 0 Å². The van der Waals surface area contributed by atoms with Gasteiger partial charge in [-0.3, -0.25) is 28.2 Å². The van der Waals surface area contributed by atoms with Gasteiger partial charge in [-0.05, 0) is 0 Å². The molecule has 7 heavy (non-hydrogen) atoms. The molecule has 0 aromatic heterocycles. The van der Waals surface area contributed by atoms with Gasteiger partial charge in [0.25, 0.3) is 0 Å².